The fraction of sp³-hybridized carbons (Fsp3) is 0.227. The molecule has 1 N–H and O–H groups in total. The maximum atomic E-state index is 5.95. The topological polar surface area (TPSA) is 43.4 Å². The third kappa shape index (κ3) is 6.59. The number of halogens is 1. The molecule has 5 heteroatoms. The summed E-state index contributed by atoms with van der Waals surface area (Å²) < 4.78 is 11.7. The maximum absolute atomic E-state index is 5.95. The van der Waals surface area contributed by atoms with Crippen molar-refractivity contribution in [1.29, 1.82) is 0 Å². The Morgan fingerprint density at radius 3 is 2.37 bits per heavy atom. The normalized spacial score (nSPS) is 10.1. The molecule has 27 heavy (non-hydrogen) atoms. The third-order valence-corrected chi connectivity index (χ3v) is 3.91. The van der Waals surface area contributed by atoms with Gasteiger partial charge in [-0.2, -0.15) is 0 Å². The van der Waals surface area contributed by atoms with Crippen LogP contribution in [0.5, 0.6) is 11.5 Å². The lowest BCUT2D eigenvalue weighted by atomic mass is 10.2. The number of aromatic nitrogens is 1. The van der Waals surface area contributed by atoms with Gasteiger partial charge in [-0.05, 0) is 42.3 Å². The molecule has 0 amide bonds. The van der Waals surface area contributed by atoms with E-state index in [0.29, 0.717) is 13.2 Å². The van der Waals surface area contributed by atoms with E-state index in [2.05, 4.69) is 28.5 Å². The summed E-state index contributed by atoms with van der Waals surface area (Å²) in [6.45, 7) is 4.59. The number of nitrogens with one attached hydrogen (secondary N) is 1. The summed E-state index contributed by atoms with van der Waals surface area (Å²) in [6.07, 6.45) is 1.81. The molecule has 142 valence electrons. The maximum Gasteiger partial charge on any atom is 0.161 e. The molecule has 0 aliphatic rings. The molecule has 3 aromatic rings. The van der Waals surface area contributed by atoms with Crippen LogP contribution in [0.15, 0.2) is 72.9 Å². The lowest BCUT2D eigenvalue weighted by Gasteiger charge is -2.14. The average Bonchev–Trinajstić information content (AvgIpc) is 2.69. The van der Waals surface area contributed by atoms with Crippen LogP contribution in [0, 0.1) is 0 Å². The van der Waals surface area contributed by atoms with Gasteiger partial charge in [-0.25, -0.2) is 0 Å². The molecule has 0 unspecified atom stereocenters. The second kappa shape index (κ2) is 11.2. The fourth-order valence-corrected chi connectivity index (χ4v) is 2.62. The molecular formula is C22H24ClN2O2-. The Bertz CT molecular complexity index is 798. The molecule has 4 nitrogen and oxygen atoms in total. The Labute approximate surface area is 167 Å². The number of ether oxygens (including phenoxy) is 2. The van der Waals surface area contributed by atoms with Crippen molar-refractivity contribution in [2.45, 2.75) is 26.6 Å². The van der Waals surface area contributed by atoms with E-state index in [9.17, 15) is 0 Å². The monoisotopic (exact) mass is 383 g/mol. The predicted octanol–water partition coefficient (Wildman–Crippen LogP) is 1.35. The van der Waals surface area contributed by atoms with Crippen molar-refractivity contribution in [2.75, 3.05) is 6.61 Å². The van der Waals surface area contributed by atoms with Crippen LogP contribution in [0.4, 0.5) is 0 Å². The molecule has 0 aliphatic carbocycles. The summed E-state index contributed by atoms with van der Waals surface area (Å²) in [5.74, 6) is 1.55. The molecule has 0 radical (unpaired) electrons. The molecule has 0 spiro atoms. The predicted molar refractivity (Wildman–Crippen MR) is 103 cm³/mol. The smallest absolute Gasteiger partial charge is 0.161 e. The SMILES string of the molecule is CCOc1cc(CNCc2ccccn2)ccc1OCc1ccccc1.[Cl-]. The van der Waals surface area contributed by atoms with Gasteiger partial charge in [0.25, 0.3) is 0 Å². The van der Waals surface area contributed by atoms with Crippen LogP contribution in [0.1, 0.15) is 23.7 Å². The minimum Gasteiger partial charge on any atom is -1.00 e. The van der Waals surface area contributed by atoms with Gasteiger partial charge < -0.3 is 27.2 Å². The van der Waals surface area contributed by atoms with E-state index in [4.69, 9.17) is 9.47 Å². The Hall–Kier alpha value is -2.56. The van der Waals surface area contributed by atoms with Gasteiger partial charge in [0.15, 0.2) is 11.5 Å². The van der Waals surface area contributed by atoms with Crippen LogP contribution in [-0.4, -0.2) is 11.6 Å². The van der Waals surface area contributed by atoms with Crippen molar-refractivity contribution in [3.63, 3.8) is 0 Å². The standard InChI is InChI=1S/C22H24N2O2.ClH/c1-2-25-22-14-19(15-23-16-20-10-6-7-13-24-20)11-12-21(22)26-17-18-8-4-3-5-9-18;/h3-14,23H,2,15-17H2,1H3;1H/p-1. The number of benzene rings is 2. The lowest BCUT2D eigenvalue weighted by Crippen LogP contribution is -3.00. The number of pyridine rings is 1. The van der Waals surface area contributed by atoms with E-state index in [1.807, 2.05) is 61.7 Å². The molecule has 2 aromatic carbocycles. The molecule has 1 aromatic heterocycles. The van der Waals surface area contributed by atoms with Crippen LogP contribution in [0.25, 0.3) is 0 Å². The van der Waals surface area contributed by atoms with Gasteiger partial charge in [-0.15, -0.1) is 0 Å². The zero-order chi connectivity index (χ0) is 18.0. The molecule has 0 saturated carbocycles. The van der Waals surface area contributed by atoms with Gasteiger partial charge in [0.1, 0.15) is 6.61 Å². The molecule has 0 fully saturated rings. The van der Waals surface area contributed by atoms with Gasteiger partial charge >= 0.3 is 0 Å². The van der Waals surface area contributed by atoms with E-state index in [1.54, 1.807) is 0 Å². The van der Waals surface area contributed by atoms with Crippen LogP contribution in [0.2, 0.25) is 0 Å². The number of rotatable bonds is 9. The van der Waals surface area contributed by atoms with E-state index >= 15 is 0 Å². The van der Waals surface area contributed by atoms with Gasteiger partial charge in [0.2, 0.25) is 0 Å². The van der Waals surface area contributed by atoms with Crippen LogP contribution < -0.4 is 27.2 Å². The molecular weight excluding hydrogens is 360 g/mol. The summed E-state index contributed by atoms with van der Waals surface area (Å²) in [5, 5.41) is 3.41. The van der Waals surface area contributed by atoms with Gasteiger partial charge in [0, 0.05) is 19.3 Å². The van der Waals surface area contributed by atoms with Gasteiger partial charge in [-0.1, -0.05) is 42.5 Å². The highest BCUT2D eigenvalue weighted by atomic mass is 35.5. The molecule has 0 saturated heterocycles. The molecule has 1 heterocycles. The van der Waals surface area contributed by atoms with Crippen molar-refractivity contribution in [3.05, 3.63) is 89.7 Å². The largest absolute Gasteiger partial charge is 1.00 e. The molecule has 0 bridgehead atoms. The van der Waals surface area contributed by atoms with E-state index < -0.39 is 0 Å². The number of nitrogens with zero attached hydrogens (tertiary/aromatic N) is 1. The fourth-order valence-electron chi connectivity index (χ4n) is 2.62. The first-order valence-electron chi connectivity index (χ1n) is 8.88. The Morgan fingerprint density at radius 1 is 0.815 bits per heavy atom. The molecule has 3 rings (SSSR count). The quantitative estimate of drug-likeness (QED) is 0.606. The summed E-state index contributed by atoms with van der Waals surface area (Å²) >= 11 is 0. The highest BCUT2D eigenvalue weighted by Gasteiger charge is 2.07. The summed E-state index contributed by atoms with van der Waals surface area (Å²) in [4.78, 5) is 4.32. The summed E-state index contributed by atoms with van der Waals surface area (Å²) in [5.41, 5.74) is 3.31. The van der Waals surface area contributed by atoms with Crippen molar-refractivity contribution in [1.82, 2.24) is 10.3 Å². The highest BCUT2D eigenvalue weighted by Crippen LogP contribution is 2.29. The van der Waals surface area contributed by atoms with Crippen LogP contribution >= 0.6 is 0 Å². The second-order valence-electron chi connectivity index (χ2n) is 5.91. The summed E-state index contributed by atoms with van der Waals surface area (Å²) in [7, 11) is 0. The first kappa shape index (κ1) is 20.7. The highest BCUT2D eigenvalue weighted by molar-refractivity contribution is 5.43. The first-order valence-corrected chi connectivity index (χ1v) is 8.88. The van der Waals surface area contributed by atoms with Gasteiger partial charge in [0.05, 0.1) is 12.3 Å². The first-order chi connectivity index (χ1) is 12.8. The Morgan fingerprint density at radius 2 is 1.63 bits per heavy atom. The van der Waals surface area contributed by atoms with E-state index in [0.717, 1.165) is 41.4 Å². The second-order valence-corrected chi connectivity index (χ2v) is 5.91. The number of hydrogen-bond donors (Lipinski definition) is 1. The molecule has 0 atom stereocenters. The van der Waals surface area contributed by atoms with Crippen LogP contribution in [-0.2, 0) is 19.7 Å². The number of hydrogen-bond acceptors (Lipinski definition) is 4. The van der Waals surface area contributed by atoms with Crippen LogP contribution in [0.3, 0.4) is 0 Å². The zero-order valence-electron chi connectivity index (χ0n) is 15.4. The lowest BCUT2D eigenvalue weighted by molar-refractivity contribution is -0.00000615. The van der Waals surface area contributed by atoms with Gasteiger partial charge in [-0.3, -0.25) is 4.98 Å². The Balaban J connectivity index is 0.00000261. The van der Waals surface area contributed by atoms with E-state index in [-0.39, 0.29) is 12.4 Å². The third-order valence-electron chi connectivity index (χ3n) is 3.91. The minimum absolute atomic E-state index is 0. The van der Waals surface area contributed by atoms with Crippen molar-refractivity contribution < 1.29 is 21.9 Å². The van der Waals surface area contributed by atoms with Crippen molar-refractivity contribution in [2.24, 2.45) is 0 Å². The molecule has 0 aliphatic heterocycles. The average molecular weight is 384 g/mol. The van der Waals surface area contributed by atoms with Crippen molar-refractivity contribution in [3.8, 4) is 11.5 Å². The minimum atomic E-state index is 0. The zero-order valence-corrected chi connectivity index (χ0v) is 16.2. The van der Waals surface area contributed by atoms with Crippen molar-refractivity contribution >= 4 is 0 Å². The van der Waals surface area contributed by atoms with E-state index in [1.165, 1.54) is 0 Å². The Kier molecular flexibility index (Phi) is 8.62. The summed E-state index contributed by atoms with van der Waals surface area (Å²) in [6, 6.07) is 22.1.